The summed E-state index contributed by atoms with van der Waals surface area (Å²) in [5.41, 5.74) is 1.46. The van der Waals surface area contributed by atoms with Crippen molar-refractivity contribution in [3.63, 3.8) is 0 Å². The van der Waals surface area contributed by atoms with Gasteiger partial charge in [-0.3, -0.25) is 0 Å². The van der Waals surface area contributed by atoms with Gasteiger partial charge in [-0.1, -0.05) is 18.2 Å². The van der Waals surface area contributed by atoms with Crippen molar-refractivity contribution < 1.29 is 13.9 Å². The van der Waals surface area contributed by atoms with E-state index in [2.05, 4.69) is 15.5 Å². The molecular weight excluding hydrogens is 309 g/mol. The minimum atomic E-state index is -0.379. The maximum absolute atomic E-state index is 13.1. The van der Waals surface area contributed by atoms with Crippen LogP contribution in [-0.2, 0) is 0 Å². The Bertz CT molecular complexity index is 723. The highest BCUT2D eigenvalue weighted by atomic mass is 19.1. The highest BCUT2D eigenvalue weighted by molar-refractivity contribution is 5.89. The van der Waals surface area contributed by atoms with Gasteiger partial charge in [-0.25, -0.2) is 9.18 Å². The van der Waals surface area contributed by atoms with E-state index in [9.17, 15) is 9.18 Å². The van der Waals surface area contributed by atoms with Gasteiger partial charge < -0.3 is 20.3 Å². The second kappa shape index (κ2) is 7.21. The molecule has 0 saturated carbocycles. The molecule has 2 aromatic carbocycles. The van der Waals surface area contributed by atoms with Crippen LogP contribution >= 0.6 is 0 Å². The zero-order valence-corrected chi connectivity index (χ0v) is 13.5. The first-order valence-corrected chi connectivity index (χ1v) is 7.87. The molecule has 2 aromatic rings. The number of amides is 2. The summed E-state index contributed by atoms with van der Waals surface area (Å²) in [5.74, 6) is 0.443. The molecule has 1 aliphatic heterocycles. The number of nitrogens with one attached hydrogen (secondary N) is 2. The van der Waals surface area contributed by atoms with Crippen molar-refractivity contribution in [3.8, 4) is 5.75 Å². The second-order valence-corrected chi connectivity index (χ2v) is 5.71. The fourth-order valence-corrected chi connectivity index (χ4v) is 2.91. The minimum absolute atomic E-state index is 0.0310. The molecule has 0 radical (unpaired) electrons. The number of hydrogen-bond donors (Lipinski definition) is 2. The Labute approximate surface area is 140 Å². The van der Waals surface area contributed by atoms with Crippen LogP contribution in [0, 0.1) is 5.82 Å². The Kier molecular flexibility index (Phi) is 4.84. The van der Waals surface area contributed by atoms with Gasteiger partial charge in [0.15, 0.2) is 0 Å². The van der Waals surface area contributed by atoms with Crippen LogP contribution < -0.4 is 20.3 Å². The molecule has 0 spiro atoms. The molecule has 0 bridgehead atoms. The molecule has 2 N–H and O–H groups in total. The van der Waals surface area contributed by atoms with Crippen molar-refractivity contribution in [2.24, 2.45) is 0 Å². The van der Waals surface area contributed by atoms with Crippen LogP contribution in [0.25, 0.3) is 0 Å². The number of benzene rings is 2. The molecule has 1 saturated heterocycles. The van der Waals surface area contributed by atoms with Crippen molar-refractivity contribution in [1.29, 1.82) is 0 Å². The third kappa shape index (κ3) is 3.76. The Balaban J connectivity index is 1.57. The Morgan fingerprint density at radius 3 is 2.88 bits per heavy atom. The van der Waals surface area contributed by atoms with Crippen molar-refractivity contribution in [2.75, 3.05) is 30.4 Å². The van der Waals surface area contributed by atoms with E-state index in [0.29, 0.717) is 12.2 Å². The highest BCUT2D eigenvalue weighted by Crippen LogP contribution is 2.30. The third-order valence-corrected chi connectivity index (χ3v) is 4.03. The summed E-state index contributed by atoms with van der Waals surface area (Å²) in [4.78, 5) is 14.2. The molecule has 1 atom stereocenters. The Morgan fingerprint density at radius 2 is 2.08 bits per heavy atom. The molecular formula is C18H20FN3O2. The summed E-state index contributed by atoms with van der Waals surface area (Å²) in [6.07, 6.45) is 0.842. The lowest BCUT2D eigenvalue weighted by Gasteiger charge is -2.21. The van der Waals surface area contributed by atoms with Gasteiger partial charge in [0, 0.05) is 24.8 Å². The Hall–Kier alpha value is -2.76. The largest absolute Gasteiger partial charge is 0.495 e. The summed E-state index contributed by atoms with van der Waals surface area (Å²) < 4.78 is 18.5. The van der Waals surface area contributed by atoms with E-state index >= 15 is 0 Å². The number of nitrogens with zero attached hydrogens (tertiary/aromatic N) is 1. The van der Waals surface area contributed by atoms with E-state index in [1.807, 2.05) is 24.3 Å². The molecule has 5 nitrogen and oxygen atoms in total. The summed E-state index contributed by atoms with van der Waals surface area (Å²) in [7, 11) is 1.65. The number of methoxy groups -OCH3 is 1. The van der Waals surface area contributed by atoms with Gasteiger partial charge in [0.2, 0.25) is 0 Å². The average Bonchev–Trinajstić information content (AvgIpc) is 3.03. The van der Waals surface area contributed by atoms with Crippen LogP contribution in [0.2, 0.25) is 0 Å². The predicted octanol–water partition coefficient (Wildman–Crippen LogP) is 3.23. The predicted molar refractivity (Wildman–Crippen MR) is 92.2 cm³/mol. The number of urea groups is 1. The monoisotopic (exact) mass is 329 g/mol. The summed E-state index contributed by atoms with van der Waals surface area (Å²) in [5, 5.41) is 5.58. The van der Waals surface area contributed by atoms with E-state index in [0.717, 1.165) is 24.4 Å². The van der Waals surface area contributed by atoms with E-state index in [1.54, 1.807) is 19.2 Å². The van der Waals surface area contributed by atoms with Gasteiger partial charge in [-0.15, -0.1) is 0 Å². The van der Waals surface area contributed by atoms with Crippen LogP contribution in [0.1, 0.15) is 6.42 Å². The molecule has 1 heterocycles. The van der Waals surface area contributed by atoms with Crippen molar-refractivity contribution in [3.05, 3.63) is 54.3 Å². The zero-order chi connectivity index (χ0) is 16.9. The minimum Gasteiger partial charge on any atom is -0.495 e. The van der Waals surface area contributed by atoms with Crippen molar-refractivity contribution in [2.45, 2.75) is 12.5 Å². The van der Waals surface area contributed by atoms with Gasteiger partial charge in [0.25, 0.3) is 0 Å². The first-order valence-electron chi connectivity index (χ1n) is 7.87. The summed E-state index contributed by atoms with van der Waals surface area (Å²) >= 11 is 0. The van der Waals surface area contributed by atoms with Gasteiger partial charge >= 0.3 is 6.03 Å². The number of para-hydroxylation sites is 2. The number of anilines is 2. The fraction of sp³-hybridized carbons (Fsp3) is 0.278. The SMILES string of the molecule is COc1ccccc1N1CCC(NC(=O)Nc2cccc(F)c2)C1. The standard InChI is InChI=1S/C18H20FN3O2/c1-24-17-8-3-2-7-16(17)22-10-9-15(12-22)21-18(23)20-14-6-4-5-13(19)11-14/h2-8,11,15H,9-10,12H2,1H3,(H2,20,21,23). The lowest BCUT2D eigenvalue weighted by atomic mass is 10.2. The number of ether oxygens (including phenoxy) is 1. The number of carbonyl (C=O) groups excluding carboxylic acids is 1. The molecule has 1 aliphatic rings. The molecule has 126 valence electrons. The van der Waals surface area contributed by atoms with Crippen LogP contribution in [0.3, 0.4) is 0 Å². The summed E-state index contributed by atoms with van der Waals surface area (Å²) in [6, 6.07) is 13.4. The first-order chi connectivity index (χ1) is 11.7. The highest BCUT2D eigenvalue weighted by Gasteiger charge is 2.25. The maximum Gasteiger partial charge on any atom is 0.319 e. The van der Waals surface area contributed by atoms with Gasteiger partial charge in [0.1, 0.15) is 11.6 Å². The second-order valence-electron chi connectivity index (χ2n) is 5.71. The number of rotatable bonds is 4. The van der Waals surface area contributed by atoms with Crippen LogP contribution in [0.4, 0.5) is 20.6 Å². The van der Waals surface area contributed by atoms with E-state index in [4.69, 9.17) is 4.74 Å². The van der Waals surface area contributed by atoms with Gasteiger partial charge in [-0.05, 0) is 36.8 Å². The van der Waals surface area contributed by atoms with Gasteiger partial charge in [-0.2, -0.15) is 0 Å². The molecule has 2 amide bonds. The van der Waals surface area contributed by atoms with Crippen molar-refractivity contribution in [1.82, 2.24) is 5.32 Å². The topological polar surface area (TPSA) is 53.6 Å². The lowest BCUT2D eigenvalue weighted by molar-refractivity contribution is 0.249. The van der Waals surface area contributed by atoms with E-state index in [1.165, 1.54) is 12.1 Å². The maximum atomic E-state index is 13.1. The van der Waals surface area contributed by atoms with E-state index < -0.39 is 0 Å². The third-order valence-electron chi connectivity index (χ3n) is 4.03. The lowest BCUT2D eigenvalue weighted by Crippen LogP contribution is -2.39. The first kappa shape index (κ1) is 16.1. The van der Waals surface area contributed by atoms with Crippen molar-refractivity contribution >= 4 is 17.4 Å². The van der Waals surface area contributed by atoms with E-state index in [-0.39, 0.29) is 17.9 Å². The normalized spacial score (nSPS) is 16.8. The average molecular weight is 329 g/mol. The molecule has 24 heavy (non-hydrogen) atoms. The number of halogens is 1. The molecule has 6 heteroatoms. The fourth-order valence-electron chi connectivity index (χ4n) is 2.91. The van der Waals surface area contributed by atoms with Gasteiger partial charge in [0.05, 0.1) is 12.8 Å². The molecule has 0 aliphatic carbocycles. The smallest absolute Gasteiger partial charge is 0.319 e. The van der Waals surface area contributed by atoms with Crippen LogP contribution in [-0.4, -0.2) is 32.3 Å². The number of hydrogen-bond acceptors (Lipinski definition) is 3. The van der Waals surface area contributed by atoms with Crippen LogP contribution in [0.5, 0.6) is 5.75 Å². The quantitative estimate of drug-likeness (QED) is 0.905. The molecule has 1 unspecified atom stereocenters. The van der Waals surface area contributed by atoms with Crippen LogP contribution in [0.15, 0.2) is 48.5 Å². The Morgan fingerprint density at radius 1 is 1.25 bits per heavy atom. The molecule has 1 fully saturated rings. The summed E-state index contributed by atoms with van der Waals surface area (Å²) in [6.45, 7) is 1.54. The molecule has 3 rings (SSSR count). The number of carbonyl (C=O) groups is 1. The zero-order valence-electron chi connectivity index (χ0n) is 13.5. The molecule has 0 aromatic heterocycles.